The zero-order chi connectivity index (χ0) is 9.68. The summed E-state index contributed by atoms with van der Waals surface area (Å²) < 4.78 is 0. The summed E-state index contributed by atoms with van der Waals surface area (Å²) in [7, 11) is 0. The molecule has 3 nitrogen and oxygen atoms in total. The molecule has 1 N–H and O–H groups in total. The summed E-state index contributed by atoms with van der Waals surface area (Å²) >= 11 is 1.32. The van der Waals surface area contributed by atoms with Crippen molar-refractivity contribution in [3.8, 4) is 12.3 Å². The molecule has 0 aromatic carbocycles. The molecule has 1 aromatic heterocycles. The van der Waals surface area contributed by atoms with E-state index in [1.54, 1.807) is 11.6 Å². The second-order valence-electron chi connectivity index (χ2n) is 2.62. The number of aromatic nitrogens is 1. The summed E-state index contributed by atoms with van der Waals surface area (Å²) in [6.07, 6.45) is 7.25. The first-order chi connectivity index (χ1) is 6.24. The van der Waals surface area contributed by atoms with Crippen LogP contribution in [0.15, 0.2) is 11.6 Å². The second-order valence-corrected chi connectivity index (χ2v) is 3.51. The zero-order valence-corrected chi connectivity index (χ0v) is 8.10. The Morgan fingerprint density at radius 3 is 3.23 bits per heavy atom. The van der Waals surface area contributed by atoms with Crippen molar-refractivity contribution >= 4 is 17.2 Å². The van der Waals surface area contributed by atoms with E-state index in [-0.39, 0.29) is 11.9 Å². The second kappa shape index (κ2) is 4.63. The van der Waals surface area contributed by atoms with Gasteiger partial charge in [0.1, 0.15) is 0 Å². The van der Waals surface area contributed by atoms with Crippen molar-refractivity contribution < 1.29 is 4.79 Å². The highest BCUT2D eigenvalue weighted by Crippen LogP contribution is 2.03. The number of hydrogen-bond acceptors (Lipinski definition) is 3. The first-order valence-electron chi connectivity index (χ1n) is 3.88. The summed E-state index contributed by atoms with van der Waals surface area (Å²) in [6.45, 7) is 1.87. The van der Waals surface area contributed by atoms with Gasteiger partial charge in [-0.2, -0.15) is 0 Å². The largest absolute Gasteiger partial charge is 0.347 e. The molecular formula is C9H10N2OS. The van der Waals surface area contributed by atoms with Gasteiger partial charge in [0.05, 0.1) is 0 Å². The van der Waals surface area contributed by atoms with Crippen LogP contribution in [0.1, 0.15) is 23.1 Å². The zero-order valence-electron chi connectivity index (χ0n) is 7.28. The molecule has 1 heterocycles. The molecule has 1 amide bonds. The molecule has 1 rings (SSSR count). The van der Waals surface area contributed by atoms with E-state index in [1.807, 2.05) is 6.92 Å². The Morgan fingerprint density at radius 2 is 2.69 bits per heavy atom. The lowest BCUT2D eigenvalue weighted by Gasteiger charge is -2.08. The van der Waals surface area contributed by atoms with E-state index in [9.17, 15) is 4.79 Å². The van der Waals surface area contributed by atoms with Crippen molar-refractivity contribution in [3.05, 3.63) is 16.6 Å². The number of amides is 1. The van der Waals surface area contributed by atoms with Crippen LogP contribution in [0.5, 0.6) is 0 Å². The van der Waals surface area contributed by atoms with Gasteiger partial charge in [-0.05, 0) is 6.92 Å². The van der Waals surface area contributed by atoms with Crippen LogP contribution < -0.4 is 5.32 Å². The van der Waals surface area contributed by atoms with Crippen molar-refractivity contribution in [2.45, 2.75) is 19.4 Å². The Bertz CT molecular complexity index is 313. The molecule has 0 bridgehead atoms. The minimum atomic E-state index is -0.155. The fourth-order valence-corrected chi connectivity index (χ4v) is 1.39. The molecule has 0 spiro atoms. The van der Waals surface area contributed by atoms with Gasteiger partial charge in [-0.1, -0.05) is 0 Å². The molecule has 1 unspecified atom stereocenters. The average Bonchev–Trinajstić information content (AvgIpc) is 2.55. The Labute approximate surface area is 81.2 Å². The molecule has 1 aromatic rings. The van der Waals surface area contributed by atoms with Crippen LogP contribution in [0.3, 0.4) is 0 Å². The highest BCUT2D eigenvalue weighted by molar-refractivity contribution is 7.11. The molecule has 1 atom stereocenters. The molecule has 13 heavy (non-hydrogen) atoms. The van der Waals surface area contributed by atoms with E-state index in [2.05, 4.69) is 16.2 Å². The van der Waals surface area contributed by atoms with Gasteiger partial charge in [-0.25, -0.2) is 4.98 Å². The van der Waals surface area contributed by atoms with Crippen molar-refractivity contribution in [3.63, 3.8) is 0 Å². The van der Waals surface area contributed by atoms with Crippen LogP contribution in [0, 0.1) is 12.3 Å². The number of terminal acetylenes is 1. The Hall–Kier alpha value is -1.34. The average molecular weight is 194 g/mol. The van der Waals surface area contributed by atoms with Crippen LogP contribution in [0.2, 0.25) is 0 Å². The van der Waals surface area contributed by atoms with Gasteiger partial charge < -0.3 is 5.32 Å². The first-order valence-corrected chi connectivity index (χ1v) is 4.76. The summed E-state index contributed by atoms with van der Waals surface area (Å²) in [5, 5.41) is 4.99. The van der Waals surface area contributed by atoms with Gasteiger partial charge in [0.15, 0.2) is 5.01 Å². The standard InChI is InChI=1S/C9H10N2OS/c1-3-4-7(2)11-8(12)9-10-5-6-13-9/h1,5-7H,4H2,2H3,(H,11,12). The van der Waals surface area contributed by atoms with Crippen LogP contribution in [0.4, 0.5) is 0 Å². The third-order valence-electron chi connectivity index (χ3n) is 1.43. The maximum Gasteiger partial charge on any atom is 0.280 e. The summed E-state index contributed by atoms with van der Waals surface area (Å²) in [5.41, 5.74) is 0. The summed E-state index contributed by atoms with van der Waals surface area (Å²) in [6, 6.07) is 0.00130. The fraction of sp³-hybridized carbons (Fsp3) is 0.333. The van der Waals surface area contributed by atoms with Gasteiger partial charge in [-0.3, -0.25) is 4.79 Å². The number of thiazole rings is 1. The van der Waals surface area contributed by atoms with Gasteiger partial charge in [0, 0.05) is 24.0 Å². The molecule has 0 saturated heterocycles. The predicted octanol–water partition coefficient (Wildman–Crippen LogP) is 1.28. The molecule has 4 heteroatoms. The van der Waals surface area contributed by atoms with Crippen LogP contribution in [-0.2, 0) is 0 Å². The van der Waals surface area contributed by atoms with E-state index in [0.29, 0.717) is 11.4 Å². The highest BCUT2D eigenvalue weighted by atomic mass is 32.1. The lowest BCUT2D eigenvalue weighted by atomic mass is 10.2. The van der Waals surface area contributed by atoms with Gasteiger partial charge in [-0.15, -0.1) is 23.7 Å². The topological polar surface area (TPSA) is 42.0 Å². The monoisotopic (exact) mass is 194 g/mol. The van der Waals surface area contributed by atoms with Crippen molar-refractivity contribution in [1.29, 1.82) is 0 Å². The third-order valence-corrected chi connectivity index (χ3v) is 2.20. The van der Waals surface area contributed by atoms with E-state index < -0.39 is 0 Å². The first kappa shape index (κ1) is 9.75. The Kier molecular flexibility index (Phi) is 3.47. The molecule has 0 radical (unpaired) electrons. The number of carbonyl (C=O) groups excluding carboxylic acids is 1. The number of hydrogen-bond donors (Lipinski definition) is 1. The highest BCUT2D eigenvalue weighted by Gasteiger charge is 2.10. The molecule has 0 aliphatic carbocycles. The van der Waals surface area contributed by atoms with Crippen molar-refractivity contribution in [2.75, 3.05) is 0 Å². The van der Waals surface area contributed by atoms with Gasteiger partial charge in [0.25, 0.3) is 5.91 Å². The van der Waals surface area contributed by atoms with Crippen LogP contribution in [-0.4, -0.2) is 16.9 Å². The SMILES string of the molecule is C#CCC(C)NC(=O)c1nccs1. The van der Waals surface area contributed by atoms with Crippen molar-refractivity contribution in [2.24, 2.45) is 0 Å². The molecule has 0 saturated carbocycles. The lowest BCUT2D eigenvalue weighted by Crippen LogP contribution is -2.32. The Balaban J connectivity index is 2.48. The number of rotatable bonds is 3. The minimum absolute atomic E-state index is 0.00130. The van der Waals surface area contributed by atoms with Gasteiger partial charge in [0.2, 0.25) is 0 Å². The van der Waals surface area contributed by atoms with Crippen LogP contribution >= 0.6 is 11.3 Å². The summed E-state index contributed by atoms with van der Waals surface area (Å²) in [5.74, 6) is 2.33. The van der Waals surface area contributed by atoms with Gasteiger partial charge >= 0.3 is 0 Å². The molecule has 0 fully saturated rings. The van der Waals surface area contributed by atoms with E-state index in [0.717, 1.165) is 0 Å². The maximum absolute atomic E-state index is 11.4. The minimum Gasteiger partial charge on any atom is -0.347 e. The maximum atomic E-state index is 11.4. The van der Waals surface area contributed by atoms with Crippen molar-refractivity contribution in [1.82, 2.24) is 10.3 Å². The smallest absolute Gasteiger partial charge is 0.280 e. The molecule has 68 valence electrons. The normalized spacial score (nSPS) is 11.7. The predicted molar refractivity (Wildman–Crippen MR) is 52.5 cm³/mol. The summed E-state index contributed by atoms with van der Waals surface area (Å²) in [4.78, 5) is 15.2. The lowest BCUT2D eigenvalue weighted by molar-refractivity contribution is 0.0940. The molecular weight excluding hydrogens is 184 g/mol. The van der Waals surface area contributed by atoms with E-state index in [1.165, 1.54) is 11.3 Å². The molecule has 0 aliphatic heterocycles. The number of nitrogens with one attached hydrogen (secondary N) is 1. The Morgan fingerprint density at radius 1 is 1.92 bits per heavy atom. The van der Waals surface area contributed by atoms with Crippen LogP contribution in [0.25, 0.3) is 0 Å². The fourth-order valence-electron chi connectivity index (χ4n) is 0.849. The third kappa shape index (κ3) is 2.88. The van der Waals surface area contributed by atoms with E-state index in [4.69, 9.17) is 6.42 Å². The quantitative estimate of drug-likeness (QED) is 0.737. The number of nitrogens with zero attached hydrogens (tertiary/aromatic N) is 1. The van der Waals surface area contributed by atoms with E-state index >= 15 is 0 Å². The number of carbonyl (C=O) groups is 1. The molecule has 0 aliphatic rings.